The van der Waals surface area contributed by atoms with Crippen molar-refractivity contribution in [3.05, 3.63) is 97.0 Å². The Morgan fingerprint density at radius 1 is 0.633 bits per heavy atom. The minimum absolute atomic E-state index is 0.706. The monoisotopic (exact) mass is 386 g/mol. The average Bonchev–Trinajstić information content (AvgIpc) is 3.13. The molecule has 30 heavy (non-hydrogen) atoms. The van der Waals surface area contributed by atoms with E-state index in [2.05, 4.69) is 93.2 Å². The van der Waals surface area contributed by atoms with Crippen LogP contribution in [0.15, 0.2) is 91.4 Å². The van der Waals surface area contributed by atoms with E-state index in [9.17, 15) is 0 Å². The van der Waals surface area contributed by atoms with Gasteiger partial charge in [0, 0.05) is 27.9 Å². The van der Waals surface area contributed by atoms with Gasteiger partial charge in [-0.25, -0.2) is 15.0 Å². The summed E-state index contributed by atoms with van der Waals surface area (Å²) in [5.41, 5.74) is 7.37. The van der Waals surface area contributed by atoms with Crippen LogP contribution in [0.5, 0.6) is 0 Å². The van der Waals surface area contributed by atoms with Crippen molar-refractivity contribution in [2.45, 2.75) is 6.92 Å². The first kappa shape index (κ1) is 16.9. The Morgan fingerprint density at radius 3 is 2.10 bits per heavy atom. The number of pyridine rings is 1. The molecule has 6 aromatic rings. The highest BCUT2D eigenvalue weighted by atomic mass is 15.0. The molecule has 0 aliphatic carbocycles. The molecule has 0 amide bonds. The summed E-state index contributed by atoms with van der Waals surface area (Å²) in [5, 5.41) is 3.45. The lowest BCUT2D eigenvalue weighted by atomic mass is 10.0. The van der Waals surface area contributed by atoms with Crippen molar-refractivity contribution >= 4 is 32.8 Å². The van der Waals surface area contributed by atoms with E-state index in [1.807, 2.05) is 12.1 Å². The van der Waals surface area contributed by atoms with Crippen LogP contribution in [0.1, 0.15) is 5.56 Å². The Kier molecular flexibility index (Phi) is 3.65. The van der Waals surface area contributed by atoms with Crippen LogP contribution in [0.4, 0.5) is 0 Å². The summed E-state index contributed by atoms with van der Waals surface area (Å²) in [6.45, 7) is 2.16. The van der Waals surface area contributed by atoms with Gasteiger partial charge in [-0.2, -0.15) is 0 Å². The molecule has 3 heterocycles. The molecule has 0 aliphatic heterocycles. The zero-order valence-corrected chi connectivity index (χ0v) is 16.4. The highest BCUT2D eigenvalue weighted by Crippen LogP contribution is 2.38. The summed E-state index contributed by atoms with van der Waals surface area (Å²) in [6, 6.07) is 27.5. The molecule has 6 rings (SSSR count). The van der Waals surface area contributed by atoms with Gasteiger partial charge in [0.1, 0.15) is 6.33 Å². The van der Waals surface area contributed by atoms with Crippen LogP contribution in [0.3, 0.4) is 0 Å². The first-order valence-corrected chi connectivity index (χ1v) is 9.97. The highest BCUT2D eigenvalue weighted by Gasteiger charge is 2.18. The van der Waals surface area contributed by atoms with E-state index in [0.717, 1.165) is 22.3 Å². The topological polar surface area (TPSA) is 43.6 Å². The van der Waals surface area contributed by atoms with E-state index < -0.39 is 0 Å². The second-order valence-electron chi connectivity index (χ2n) is 7.44. The van der Waals surface area contributed by atoms with Gasteiger partial charge in [-0.15, -0.1) is 0 Å². The maximum atomic E-state index is 4.68. The number of para-hydroxylation sites is 3. The van der Waals surface area contributed by atoms with Gasteiger partial charge in [0.15, 0.2) is 5.65 Å². The predicted molar refractivity (Wildman–Crippen MR) is 122 cm³/mol. The molecule has 3 aromatic heterocycles. The molecule has 0 saturated heterocycles. The largest absolute Gasteiger partial charge is 0.308 e. The van der Waals surface area contributed by atoms with E-state index >= 15 is 0 Å². The number of aryl methyl sites for hydroxylation is 1. The van der Waals surface area contributed by atoms with E-state index in [1.165, 1.54) is 27.4 Å². The quantitative estimate of drug-likeness (QED) is 0.361. The Morgan fingerprint density at radius 2 is 1.33 bits per heavy atom. The molecule has 142 valence electrons. The number of benzene rings is 3. The normalized spacial score (nSPS) is 11.5. The molecule has 0 spiro atoms. The van der Waals surface area contributed by atoms with Crippen LogP contribution in [0.2, 0.25) is 0 Å². The second-order valence-corrected chi connectivity index (χ2v) is 7.44. The van der Waals surface area contributed by atoms with Crippen LogP contribution in [0.25, 0.3) is 49.8 Å². The summed E-state index contributed by atoms with van der Waals surface area (Å²) >= 11 is 0. The molecule has 0 fully saturated rings. The molecule has 4 heteroatoms. The van der Waals surface area contributed by atoms with Crippen molar-refractivity contribution in [2.24, 2.45) is 0 Å². The van der Waals surface area contributed by atoms with Gasteiger partial charge in [-0.05, 0) is 36.8 Å². The maximum absolute atomic E-state index is 4.68. The van der Waals surface area contributed by atoms with Gasteiger partial charge < -0.3 is 4.57 Å². The number of aromatic nitrogens is 4. The Balaban J connectivity index is 1.78. The number of rotatable bonds is 2. The Hall–Kier alpha value is -4.05. The van der Waals surface area contributed by atoms with Crippen molar-refractivity contribution in [3.63, 3.8) is 0 Å². The lowest BCUT2D eigenvalue weighted by Gasteiger charge is -2.17. The summed E-state index contributed by atoms with van der Waals surface area (Å²) in [4.78, 5) is 13.5. The highest BCUT2D eigenvalue weighted by molar-refractivity contribution is 6.10. The third-order valence-corrected chi connectivity index (χ3v) is 5.71. The van der Waals surface area contributed by atoms with Crippen LogP contribution < -0.4 is 0 Å². The molecule has 3 aromatic carbocycles. The predicted octanol–water partition coefficient (Wildman–Crippen LogP) is 6.10. The first-order chi connectivity index (χ1) is 14.8. The van der Waals surface area contributed by atoms with Crippen molar-refractivity contribution in [3.8, 4) is 16.9 Å². The lowest BCUT2D eigenvalue weighted by Crippen LogP contribution is -2.02. The number of hydrogen-bond donors (Lipinski definition) is 0. The molecule has 0 radical (unpaired) electrons. The molecule has 0 unspecified atom stereocenters. The summed E-state index contributed by atoms with van der Waals surface area (Å²) in [7, 11) is 0. The Bertz CT molecular complexity index is 1500. The number of nitrogens with zero attached hydrogens (tertiary/aromatic N) is 4. The van der Waals surface area contributed by atoms with E-state index in [4.69, 9.17) is 0 Å². The first-order valence-electron chi connectivity index (χ1n) is 9.97. The van der Waals surface area contributed by atoms with Gasteiger partial charge in [-0.3, -0.25) is 0 Å². The fourth-order valence-electron chi connectivity index (χ4n) is 4.42. The van der Waals surface area contributed by atoms with Crippen molar-refractivity contribution < 1.29 is 0 Å². The fraction of sp³-hybridized carbons (Fsp3) is 0.0385. The van der Waals surface area contributed by atoms with Crippen LogP contribution in [-0.2, 0) is 0 Å². The van der Waals surface area contributed by atoms with Gasteiger partial charge in [-0.1, -0.05) is 54.6 Å². The molecule has 0 aliphatic rings. The second kappa shape index (κ2) is 6.49. The van der Waals surface area contributed by atoms with Gasteiger partial charge in [0.25, 0.3) is 0 Å². The van der Waals surface area contributed by atoms with Crippen molar-refractivity contribution in [2.75, 3.05) is 0 Å². The van der Waals surface area contributed by atoms with E-state index in [-0.39, 0.29) is 0 Å². The fourth-order valence-corrected chi connectivity index (χ4v) is 4.42. The molecular weight excluding hydrogens is 368 g/mol. The Labute approximate surface area is 173 Å². The van der Waals surface area contributed by atoms with Crippen molar-refractivity contribution in [1.29, 1.82) is 0 Å². The maximum Gasteiger partial charge on any atom is 0.163 e. The minimum atomic E-state index is 0.706. The number of hydrogen-bond acceptors (Lipinski definition) is 3. The summed E-state index contributed by atoms with van der Waals surface area (Å²) < 4.78 is 2.36. The van der Waals surface area contributed by atoms with Gasteiger partial charge in [0.05, 0.1) is 22.4 Å². The van der Waals surface area contributed by atoms with Crippen LogP contribution >= 0.6 is 0 Å². The smallest absolute Gasteiger partial charge is 0.163 e. The molecule has 0 atom stereocenters. The number of fused-ring (bicyclic) bond motifs is 4. The lowest BCUT2D eigenvalue weighted by molar-refractivity contribution is 1.13. The minimum Gasteiger partial charge on any atom is -0.308 e. The molecule has 0 bridgehead atoms. The zero-order valence-electron chi connectivity index (χ0n) is 16.4. The van der Waals surface area contributed by atoms with E-state index in [1.54, 1.807) is 12.5 Å². The molecule has 0 saturated carbocycles. The third-order valence-electron chi connectivity index (χ3n) is 5.71. The molecular formula is C26H18N4. The third kappa shape index (κ3) is 2.37. The SMILES string of the molecule is Cc1cccc(-c2ncnc3ncccc23)c1-n1c2ccccc2c2ccccc21. The summed E-state index contributed by atoms with van der Waals surface area (Å²) in [6.07, 6.45) is 3.37. The average molecular weight is 386 g/mol. The van der Waals surface area contributed by atoms with Gasteiger partial charge >= 0.3 is 0 Å². The summed E-state index contributed by atoms with van der Waals surface area (Å²) in [5.74, 6) is 0. The molecule has 0 N–H and O–H groups in total. The van der Waals surface area contributed by atoms with Crippen LogP contribution in [0, 0.1) is 6.92 Å². The van der Waals surface area contributed by atoms with E-state index in [0.29, 0.717) is 5.65 Å². The van der Waals surface area contributed by atoms with Crippen LogP contribution in [-0.4, -0.2) is 19.5 Å². The standard InChI is InChI=1S/C26H18N4/c1-17-8-6-11-20(24-21-12-7-15-27-26(21)29-16-28-24)25(17)30-22-13-4-2-9-18(22)19-10-3-5-14-23(19)30/h2-16H,1H3. The zero-order chi connectivity index (χ0) is 20.1. The molecule has 4 nitrogen and oxygen atoms in total. The van der Waals surface area contributed by atoms with Gasteiger partial charge in [0.2, 0.25) is 0 Å². The van der Waals surface area contributed by atoms with Crippen molar-refractivity contribution in [1.82, 2.24) is 19.5 Å².